The first kappa shape index (κ1) is 12.3. The highest BCUT2D eigenvalue weighted by molar-refractivity contribution is 6.42. The van der Waals surface area contributed by atoms with E-state index in [-0.39, 0.29) is 0 Å². The van der Waals surface area contributed by atoms with Crippen LogP contribution in [0.4, 0.5) is 0 Å². The van der Waals surface area contributed by atoms with Gasteiger partial charge >= 0.3 is 0 Å². The summed E-state index contributed by atoms with van der Waals surface area (Å²) >= 11 is 11.8. The predicted octanol–water partition coefficient (Wildman–Crippen LogP) is 4.57. The molecule has 0 atom stereocenters. The highest BCUT2D eigenvalue weighted by Gasteiger charge is 2.05. The molecule has 0 aliphatic rings. The standard InChI is InChI=1S/C13H12Cl2N2/c1-8(2)12-5-6-13(17-16-12)9-3-4-10(14)11(15)7-9/h3-8H,1-2H3. The van der Waals surface area contributed by atoms with Crippen molar-refractivity contribution in [2.75, 3.05) is 0 Å². The fourth-order valence-electron chi connectivity index (χ4n) is 1.46. The van der Waals surface area contributed by atoms with Gasteiger partial charge in [0, 0.05) is 5.56 Å². The van der Waals surface area contributed by atoms with Crippen LogP contribution in [-0.4, -0.2) is 10.2 Å². The Balaban J connectivity index is 2.36. The number of hydrogen-bond donors (Lipinski definition) is 0. The first-order chi connectivity index (χ1) is 8.08. The largest absolute Gasteiger partial charge is 0.155 e. The summed E-state index contributed by atoms with van der Waals surface area (Å²) in [5, 5.41) is 9.44. The lowest BCUT2D eigenvalue weighted by atomic mass is 10.1. The Bertz CT molecular complexity index is 521. The third-order valence-corrected chi connectivity index (χ3v) is 3.23. The summed E-state index contributed by atoms with van der Waals surface area (Å²) < 4.78 is 0. The van der Waals surface area contributed by atoms with Gasteiger partial charge in [-0.05, 0) is 30.2 Å². The van der Waals surface area contributed by atoms with Crippen molar-refractivity contribution in [2.45, 2.75) is 19.8 Å². The highest BCUT2D eigenvalue weighted by Crippen LogP contribution is 2.27. The molecule has 1 aromatic carbocycles. The fraction of sp³-hybridized carbons (Fsp3) is 0.231. The van der Waals surface area contributed by atoms with Crippen molar-refractivity contribution in [3.8, 4) is 11.3 Å². The monoisotopic (exact) mass is 266 g/mol. The summed E-state index contributed by atoms with van der Waals surface area (Å²) in [7, 11) is 0. The van der Waals surface area contributed by atoms with Gasteiger partial charge in [0.1, 0.15) is 0 Å². The molecular weight excluding hydrogens is 255 g/mol. The van der Waals surface area contributed by atoms with Gasteiger partial charge < -0.3 is 0 Å². The number of nitrogens with zero attached hydrogens (tertiary/aromatic N) is 2. The number of benzene rings is 1. The molecule has 0 bridgehead atoms. The van der Waals surface area contributed by atoms with E-state index in [1.165, 1.54) is 0 Å². The van der Waals surface area contributed by atoms with Crippen LogP contribution < -0.4 is 0 Å². The minimum atomic E-state index is 0.380. The van der Waals surface area contributed by atoms with Gasteiger partial charge in [0.2, 0.25) is 0 Å². The molecule has 88 valence electrons. The highest BCUT2D eigenvalue weighted by atomic mass is 35.5. The van der Waals surface area contributed by atoms with E-state index in [1.54, 1.807) is 12.1 Å². The van der Waals surface area contributed by atoms with Crippen molar-refractivity contribution in [2.24, 2.45) is 0 Å². The average Bonchev–Trinajstić information content (AvgIpc) is 2.33. The maximum atomic E-state index is 5.97. The second-order valence-corrected chi connectivity index (χ2v) is 4.94. The van der Waals surface area contributed by atoms with Gasteiger partial charge in [-0.1, -0.05) is 43.1 Å². The Labute approximate surface area is 111 Å². The number of rotatable bonds is 2. The molecule has 0 N–H and O–H groups in total. The first-order valence-corrected chi connectivity index (χ1v) is 6.12. The zero-order valence-corrected chi connectivity index (χ0v) is 11.1. The molecule has 0 aliphatic carbocycles. The number of halogens is 2. The molecule has 1 heterocycles. The average molecular weight is 267 g/mol. The number of aromatic nitrogens is 2. The van der Waals surface area contributed by atoms with Crippen LogP contribution in [-0.2, 0) is 0 Å². The second-order valence-electron chi connectivity index (χ2n) is 4.13. The van der Waals surface area contributed by atoms with Crippen molar-refractivity contribution in [3.63, 3.8) is 0 Å². The van der Waals surface area contributed by atoms with Crippen molar-refractivity contribution in [1.29, 1.82) is 0 Å². The van der Waals surface area contributed by atoms with Crippen LogP contribution >= 0.6 is 23.2 Å². The van der Waals surface area contributed by atoms with Crippen LogP contribution in [0.3, 0.4) is 0 Å². The normalized spacial score (nSPS) is 10.9. The van der Waals surface area contributed by atoms with Crippen molar-refractivity contribution < 1.29 is 0 Å². The van der Waals surface area contributed by atoms with Gasteiger partial charge in [-0.2, -0.15) is 10.2 Å². The van der Waals surface area contributed by atoms with E-state index in [2.05, 4.69) is 24.0 Å². The molecule has 0 amide bonds. The molecule has 2 rings (SSSR count). The van der Waals surface area contributed by atoms with E-state index in [9.17, 15) is 0 Å². The predicted molar refractivity (Wildman–Crippen MR) is 71.6 cm³/mol. The molecule has 4 heteroatoms. The van der Waals surface area contributed by atoms with Gasteiger partial charge in [0.05, 0.1) is 21.4 Å². The van der Waals surface area contributed by atoms with Crippen LogP contribution in [0.1, 0.15) is 25.5 Å². The molecule has 0 radical (unpaired) electrons. The minimum Gasteiger partial charge on any atom is -0.155 e. The van der Waals surface area contributed by atoms with E-state index in [4.69, 9.17) is 23.2 Å². The van der Waals surface area contributed by atoms with Crippen LogP contribution in [0.15, 0.2) is 30.3 Å². The van der Waals surface area contributed by atoms with Crippen molar-refractivity contribution >= 4 is 23.2 Å². The molecule has 17 heavy (non-hydrogen) atoms. The summed E-state index contributed by atoms with van der Waals surface area (Å²) in [5.41, 5.74) is 2.70. The Hall–Kier alpha value is -1.12. The summed E-state index contributed by atoms with van der Waals surface area (Å²) in [6.45, 7) is 4.17. The second kappa shape index (κ2) is 5.03. The van der Waals surface area contributed by atoms with Gasteiger partial charge in [-0.3, -0.25) is 0 Å². The van der Waals surface area contributed by atoms with Crippen molar-refractivity contribution in [1.82, 2.24) is 10.2 Å². The quantitative estimate of drug-likeness (QED) is 0.796. The topological polar surface area (TPSA) is 25.8 Å². The van der Waals surface area contributed by atoms with Gasteiger partial charge in [-0.25, -0.2) is 0 Å². The van der Waals surface area contributed by atoms with Gasteiger partial charge in [0.25, 0.3) is 0 Å². The smallest absolute Gasteiger partial charge is 0.0930 e. The molecule has 0 saturated carbocycles. The molecule has 2 nitrogen and oxygen atoms in total. The van der Waals surface area contributed by atoms with Crippen molar-refractivity contribution in [3.05, 3.63) is 46.1 Å². The van der Waals surface area contributed by atoms with Crippen LogP contribution in [0.5, 0.6) is 0 Å². The summed E-state index contributed by atoms with van der Waals surface area (Å²) in [6.07, 6.45) is 0. The molecular formula is C13H12Cl2N2. The molecule has 0 spiro atoms. The Morgan fingerprint density at radius 2 is 1.71 bits per heavy atom. The molecule has 2 aromatic rings. The lowest BCUT2D eigenvalue weighted by Crippen LogP contribution is -1.96. The van der Waals surface area contributed by atoms with Gasteiger partial charge in [-0.15, -0.1) is 0 Å². The maximum absolute atomic E-state index is 5.97. The fourth-order valence-corrected chi connectivity index (χ4v) is 1.76. The first-order valence-electron chi connectivity index (χ1n) is 5.37. The Morgan fingerprint density at radius 1 is 0.941 bits per heavy atom. The number of hydrogen-bond acceptors (Lipinski definition) is 2. The molecule has 0 saturated heterocycles. The van der Waals surface area contributed by atoms with Crippen LogP contribution in [0.25, 0.3) is 11.3 Å². The molecule has 0 unspecified atom stereocenters. The van der Waals surface area contributed by atoms with Crippen LogP contribution in [0.2, 0.25) is 10.0 Å². The lowest BCUT2D eigenvalue weighted by Gasteiger charge is -2.05. The summed E-state index contributed by atoms with van der Waals surface area (Å²) in [5.74, 6) is 0.380. The Kier molecular flexibility index (Phi) is 3.65. The third kappa shape index (κ3) is 2.76. The SMILES string of the molecule is CC(C)c1ccc(-c2ccc(Cl)c(Cl)c2)nn1. The van der Waals surface area contributed by atoms with E-state index in [0.717, 1.165) is 17.0 Å². The maximum Gasteiger partial charge on any atom is 0.0930 e. The van der Waals surface area contributed by atoms with Crippen LogP contribution in [0, 0.1) is 0 Å². The van der Waals surface area contributed by atoms with E-state index < -0.39 is 0 Å². The van der Waals surface area contributed by atoms with E-state index in [0.29, 0.717) is 16.0 Å². The zero-order valence-electron chi connectivity index (χ0n) is 9.61. The Morgan fingerprint density at radius 3 is 2.24 bits per heavy atom. The van der Waals surface area contributed by atoms with E-state index in [1.807, 2.05) is 18.2 Å². The summed E-state index contributed by atoms with van der Waals surface area (Å²) in [4.78, 5) is 0. The molecule has 1 aromatic heterocycles. The zero-order chi connectivity index (χ0) is 12.4. The molecule has 0 fully saturated rings. The van der Waals surface area contributed by atoms with E-state index >= 15 is 0 Å². The lowest BCUT2D eigenvalue weighted by molar-refractivity contribution is 0.787. The summed E-state index contributed by atoms with van der Waals surface area (Å²) in [6, 6.07) is 9.37. The molecule has 0 aliphatic heterocycles. The minimum absolute atomic E-state index is 0.380. The van der Waals surface area contributed by atoms with Gasteiger partial charge in [0.15, 0.2) is 0 Å². The third-order valence-electron chi connectivity index (χ3n) is 2.49.